The molecule has 1 atom stereocenters. The van der Waals surface area contributed by atoms with Crippen LogP contribution in [0.15, 0.2) is 25.3 Å². The summed E-state index contributed by atoms with van der Waals surface area (Å²) < 4.78 is 9.85. The molecule has 0 aliphatic carbocycles. The fraction of sp³-hybridized carbons (Fsp3) is 0.571. The van der Waals surface area contributed by atoms with E-state index in [9.17, 15) is 9.59 Å². The number of rotatable bonds is 5. The highest BCUT2D eigenvalue weighted by molar-refractivity contribution is 6.00. The minimum Gasteiger partial charge on any atom is -0.465 e. The lowest BCUT2D eigenvalue weighted by molar-refractivity contribution is -0.177. The second kappa shape index (κ2) is 9.33. The first-order valence-electron chi connectivity index (χ1n) is 6.26. The average molecular weight is 270 g/mol. The molecule has 0 radical (unpaired) electrons. The van der Waals surface area contributed by atoms with Gasteiger partial charge in [0.05, 0.1) is 19.8 Å². The zero-order valence-corrected chi connectivity index (χ0v) is 11.4. The predicted octanol–water partition coefficient (Wildman–Crippen LogP) is 1.61. The number of allylic oxidation sites excluding steroid dienone is 1. The molecule has 1 aliphatic heterocycles. The number of esters is 2. The molecule has 0 saturated carbocycles. The molecule has 1 rings (SSSR count). The summed E-state index contributed by atoms with van der Waals surface area (Å²) in [5.41, 5.74) is -1.14. The molecule has 0 bridgehead atoms. The molecular formula is C14H22O5. The van der Waals surface area contributed by atoms with Gasteiger partial charge in [-0.15, -0.1) is 13.2 Å². The summed E-state index contributed by atoms with van der Waals surface area (Å²) in [4.78, 5) is 23.4. The van der Waals surface area contributed by atoms with E-state index in [1.54, 1.807) is 13.0 Å². The molecule has 0 aromatic heterocycles. The third-order valence-electron chi connectivity index (χ3n) is 2.66. The first-order valence-corrected chi connectivity index (χ1v) is 6.26. The number of hydrogen-bond acceptors (Lipinski definition) is 5. The van der Waals surface area contributed by atoms with E-state index >= 15 is 0 Å². The van der Waals surface area contributed by atoms with Crippen molar-refractivity contribution >= 4 is 11.9 Å². The zero-order valence-electron chi connectivity index (χ0n) is 11.4. The van der Waals surface area contributed by atoms with E-state index in [1.165, 1.54) is 6.08 Å². The van der Waals surface area contributed by atoms with Gasteiger partial charge in [0.1, 0.15) is 0 Å². The van der Waals surface area contributed by atoms with Gasteiger partial charge in [0.25, 0.3) is 0 Å². The third kappa shape index (κ3) is 4.87. The molecule has 0 aromatic rings. The minimum absolute atomic E-state index is 0.0833. The molecule has 108 valence electrons. The molecule has 5 heteroatoms. The van der Waals surface area contributed by atoms with E-state index < -0.39 is 17.4 Å². The van der Waals surface area contributed by atoms with Crippen molar-refractivity contribution in [3.8, 4) is 0 Å². The van der Waals surface area contributed by atoms with Crippen LogP contribution in [-0.4, -0.2) is 36.9 Å². The van der Waals surface area contributed by atoms with Crippen molar-refractivity contribution < 1.29 is 24.2 Å². The van der Waals surface area contributed by atoms with Crippen molar-refractivity contribution in [2.45, 2.75) is 26.2 Å². The monoisotopic (exact) mass is 270 g/mol. The van der Waals surface area contributed by atoms with Crippen molar-refractivity contribution in [3.63, 3.8) is 0 Å². The fourth-order valence-electron chi connectivity index (χ4n) is 1.75. The van der Waals surface area contributed by atoms with Crippen LogP contribution in [0.25, 0.3) is 0 Å². The maximum atomic E-state index is 11.7. The summed E-state index contributed by atoms with van der Waals surface area (Å²) >= 11 is 0. The molecule has 1 aliphatic rings. The molecule has 1 N–H and O–H groups in total. The first kappa shape index (κ1) is 17.4. The number of cyclic esters (lactones) is 1. The van der Waals surface area contributed by atoms with Gasteiger partial charge >= 0.3 is 11.9 Å². The number of hydrogen-bond donors (Lipinski definition) is 1. The normalized spacial score (nSPS) is 21.5. The molecule has 1 saturated heterocycles. The number of aliphatic hydroxyl groups is 1. The maximum Gasteiger partial charge on any atom is 0.323 e. The van der Waals surface area contributed by atoms with Crippen LogP contribution in [0.1, 0.15) is 26.2 Å². The second-order valence-corrected chi connectivity index (χ2v) is 4.01. The highest BCUT2D eigenvalue weighted by Gasteiger charge is 2.49. The van der Waals surface area contributed by atoms with E-state index in [-0.39, 0.29) is 19.6 Å². The smallest absolute Gasteiger partial charge is 0.323 e. The van der Waals surface area contributed by atoms with Crippen LogP contribution in [0.3, 0.4) is 0 Å². The van der Waals surface area contributed by atoms with Gasteiger partial charge < -0.3 is 14.6 Å². The van der Waals surface area contributed by atoms with Gasteiger partial charge in [-0.1, -0.05) is 12.2 Å². The topological polar surface area (TPSA) is 72.8 Å². The SMILES string of the molecule is C=CCC1(C(=O)OCC)CCCOC1=O.C=CCO. The lowest BCUT2D eigenvalue weighted by Crippen LogP contribution is -2.44. The van der Waals surface area contributed by atoms with Gasteiger partial charge in [-0.05, 0) is 26.2 Å². The van der Waals surface area contributed by atoms with E-state index in [2.05, 4.69) is 13.2 Å². The number of carbonyl (C=O) groups is 2. The quantitative estimate of drug-likeness (QED) is 0.467. The number of aliphatic hydroxyl groups excluding tert-OH is 1. The van der Waals surface area contributed by atoms with Gasteiger partial charge in [-0.2, -0.15) is 0 Å². The minimum atomic E-state index is -1.14. The highest BCUT2D eigenvalue weighted by Crippen LogP contribution is 2.35. The van der Waals surface area contributed by atoms with Gasteiger partial charge in [0.15, 0.2) is 5.41 Å². The Balaban J connectivity index is 0.000000711. The maximum absolute atomic E-state index is 11.7. The summed E-state index contributed by atoms with van der Waals surface area (Å²) in [6.45, 7) is 9.24. The fourth-order valence-corrected chi connectivity index (χ4v) is 1.75. The van der Waals surface area contributed by atoms with Gasteiger partial charge in [0, 0.05) is 0 Å². The van der Waals surface area contributed by atoms with Crippen molar-refractivity contribution in [2.24, 2.45) is 5.41 Å². The van der Waals surface area contributed by atoms with Crippen LogP contribution in [0.5, 0.6) is 0 Å². The van der Waals surface area contributed by atoms with Crippen molar-refractivity contribution in [1.82, 2.24) is 0 Å². The Bertz CT molecular complexity index is 324. The summed E-state index contributed by atoms with van der Waals surface area (Å²) in [5.74, 6) is -0.971. The number of carbonyl (C=O) groups excluding carboxylic acids is 2. The molecule has 1 fully saturated rings. The third-order valence-corrected chi connectivity index (χ3v) is 2.66. The second-order valence-electron chi connectivity index (χ2n) is 4.01. The number of ether oxygens (including phenoxy) is 2. The van der Waals surface area contributed by atoms with E-state index in [0.29, 0.717) is 19.4 Å². The van der Waals surface area contributed by atoms with Gasteiger partial charge in [-0.25, -0.2) is 0 Å². The Morgan fingerprint density at radius 2 is 2.16 bits per heavy atom. The zero-order chi connectivity index (χ0) is 14.7. The Morgan fingerprint density at radius 3 is 2.58 bits per heavy atom. The average Bonchev–Trinajstić information content (AvgIpc) is 2.42. The summed E-state index contributed by atoms with van der Waals surface area (Å²) in [6, 6.07) is 0. The van der Waals surface area contributed by atoms with Crippen LogP contribution in [0.2, 0.25) is 0 Å². The van der Waals surface area contributed by atoms with E-state index in [0.717, 1.165) is 0 Å². The molecule has 5 nitrogen and oxygen atoms in total. The van der Waals surface area contributed by atoms with E-state index in [1.807, 2.05) is 0 Å². The van der Waals surface area contributed by atoms with Gasteiger partial charge in [-0.3, -0.25) is 9.59 Å². The van der Waals surface area contributed by atoms with Crippen molar-refractivity contribution in [3.05, 3.63) is 25.3 Å². The molecule has 0 spiro atoms. The van der Waals surface area contributed by atoms with Crippen LogP contribution >= 0.6 is 0 Å². The Hall–Kier alpha value is -1.62. The van der Waals surface area contributed by atoms with Crippen LogP contribution < -0.4 is 0 Å². The first-order chi connectivity index (χ1) is 9.08. The van der Waals surface area contributed by atoms with Crippen LogP contribution in [0, 0.1) is 5.41 Å². The summed E-state index contributed by atoms with van der Waals surface area (Å²) in [7, 11) is 0. The van der Waals surface area contributed by atoms with Crippen LogP contribution in [-0.2, 0) is 19.1 Å². The Labute approximate surface area is 113 Å². The van der Waals surface area contributed by atoms with Gasteiger partial charge in [0.2, 0.25) is 0 Å². The molecule has 0 aromatic carbocycles. The highest BCUT2D eigenvalue weighted by atomic mass is 16.6. The van der Waals surface area contributed by atoms with Crippen molar-refractivity contribution in [2.75, 3.05) is 19.8 Å². The predicted molar refractivity (Wildman–Crippen MR) is 71.4 cm³/mol. The summed E-state index contributed by atoms with van der Waals surface area (Å²) in [6.07, 6.45) is 4.45. The molecule has 0 amide bonds. The Morgan fingerprint density at radius 1 is 1.53 bits per heavy atom. The molecule has 1 unspecified atom stereocenters. The standard InChI is InChI=1S/C11H16O4.C3H6O/c1-3-6-11(9(12)14-4-2)7-5-8-15-10(11)13;1-2-3-4/h3H,1,4-8H2,2H3;2,4H,1,3H2. The lowest BCUT2D eigenvalue weighted by atomic mass is 9.79. The van der Waals surface area contributed by atoms with Crippen molar-refractivity contribution in [1.29, 1.82) is 0 Å². The largest absolute Gasteiger partial charge is 0.465 e. The molecular weight excluding hydrogens is 248 g/mol. The van der Waals surface area contributed by atoms with Crippen LogP contribution in [0.4, 0.5) is 0 Å². The van der Waals surface area contributed by atoms with E-state index in [4.69, 9.17) is 14.6 Å². The Kier molecular flexibility index (Phi) is 8.53. The summed E-state index contributed by atoms with van der Waals surface area (Å²) in [5, 5.41) is 7.76. The lowest BCUT2D eigenvalue weighted by Gasteiger charge is -2.31. The molecule has 19 heavy (non-hydrogen) atoms. The molecule has 1 heterocycles.